The number of nitrogens with zero attached hydrogens (tertiary/aromatic N) is 2. The van der Waals surface area contributed by atoms with Crippen molar-refractivity contribution in [3.63, 3.8) is 0 Å². The fourth-order valence-corrected chi connectivity index (χ4v) is 2.18. The van der Waals surface area contributed by atoms with Crippen LogP contribution in [0.25, 0.3) is 0 Å². The van der Waals surface area contributed by atoms with E-state index in [2.05, 4.69) is 34.9 Å². The molecule has 1 unspecified atom stereocenters. The number of hydrogen-bond acceptors (Lipinski definition) is 2. The maximum absolute atomic E-state index is 4.52. The van der Waals surface area contributed by atoms with Gasteiger partial charge in [-0.1, -0.05) is 19.8 Å². The predicted molar refractivity (Wildman–Crippen MR) is 66.3 cm³/mol. The lowest BCUT2D eigenvalue weighted by Gasteiger charge is -2.18. The van der Waals surface area contributed by atoms with Crippen LogP contribution in [0.15, 0.2) is 12.4 Å². The van der Waals surface area contributed by atoms with Crippen molar-refractivity contribution in [3.05, 3.63) is 18.2 Å². The van der Waals surface area contributed by atoms with Crippen LogP contribution in [0.4, 0.5) is 0 Å². The molecule has 16 heavy (non-hydrogen) atoms. The van der Waals surface area contributed by atoms with E-state index in [9.17, 15) is 0 Å². The second kappa shape index (κ2) is 5.48. The summed E-state index contributed by atoms with van der Waals surface area (Å²) in [5.74, 6) is 2.17. The molecule has 1 aromatic rings. The molecule has 3 nitrogen and oxygen atoms in total. The highest BCUT2D eigenvalue weighted by atomic mass is 15.1. The van der Waals surface area contributed by atoms with E-state index in [0.717, 1.165) is 19.0 Å². The maximum Gasteiger partial charge on any atom is 0.125 e. The largest absolute Gasteiger partial charge is 0.334 e. The van der Waals surface area contributed by atoms with Crippen molar-refractivity contribution in [3.8, 4) is 0 Å². The number of rotatable bonds is 7. The third kappa shape index (κ3) is 2.85. The van der Waals surface area contributed by atoms with Crippen LogP contribution in [-0.2, 0) is 6.54 Å². The number of imidazole rings is 1. The minimum atomic E-state index is 0.461. The molecule has 0 aromatic carbocycles. The van der Waals surface area contributed by atoms with Gasteiger partial charge < -0.3 is 9.88 Å². The molecule has 1 heterocycles. The van der Waals surface area contributed by atoms with Crippen molar-refractivity contribution in [2.45, 2.75) is 52.1 Å². The first-order valence-corrected chi connectivity index (χ1v) is 6.59. The molecule has 1 aliphatic rings. The molecule has 1 N–H and O–H groups in total. The highest BCUT2D eigenvalue weighted by Gasteiger charge is 2.27. The van der Waals surface area contributed by atoms with Gasteiger partial charge in [0.25, 0.3) is 0 Å². The van der Waals surface area contributed by atoms with E-state index in [4.69, 9.17) is 0 Å². The molecule has 0 radical (unpaired) electrons. The van der Waals surface area contributed by atoms with Crippen LogP contribution in [0.5, 0.6) is 0 Å². The predicted octanol–water partition coefficient (Wildman–Crippen LogP) is 2.74. The number of nitrogens with one attached hydrogen (secondary N) is 1. The Bertz CT molecular complexity index is 315. The van der Waals surface area contributed by atoms with Gasteiger partial charge in [0.1, 0.15) is 5.82 Å². The summed E-state index contributed by atoms with van der Waals surface area (Å²) in [6.45, 7) is 6.50. The lowest BCUT2D eigenvalue weighted by Crippen LogP contribution is -2.25. The van der Waals surface area contributed by atoms with Gasteiger partial charge in [-0.2, -0.15) is 0 Å². The summed E-state index contributed by atoms with van der Waals surface area (Å²) >= 11 is 0. The molecule has 1 fully saturated rings. The van der Waals surface area contributed by atoms with E-state index in [0.29, 0.717) is 6.04 Å². The lowest BCUT2D eigenvalue weighted by molar-refractivity contribution is 0.437. The van der Waals surface area contributed by atoms with Crippen molar-refractivity contribution in [1.82, 2.24) is 14.9 Å². The second-order valence-electron chi connectivity index (χ2n) is 4.76. The van der Waals surface area contributed by atoms with Gasteiger partial charge in [0.05, 0.1) is 6.04 Å². The smallest absolute Gasteiger partial charge is 0.125 e. The molecule has 0 amide bonds. The summed E-state index contributed by atoms with van der Waals surface area (Å²) in [4.78, 5) is 4.52. The van der Waals surface area contributed by atoms with Crippen LogP contribution in [0.2, 0.25) is 0 Å². The molecule has 0 saturated heterocycles. The molecular weight excluding hydrogens is 198 g/mol. The molecule has 1 aliphatic carbocycles. The van der Waals surface area contributed by atoms with Gasteiger partial charge in [-0.25, -0.2) is 4.98 Å². The SMILES string of the molecule is CCCNC(CC1CC1)c1nccn1CC. The maximum atomic E-state index is 4.52. The van der Waals surface area contributed by atoms with Crippen molar-refractivity contribution in [2.75, 3.05) is 6.54 Å². The Kier molecular flexibility index (Phi) is 3.99. The minimum Gasteiger partial charge on any atom is -0.334 e. The zero-order valence-electron chi connectivity index (χ0n) is 10.4. The Morgan fingerprint density at radius 3 is 2.94 bits per heavy atom. The Labute approximate surface area is 98.3 Å². The first-order valence-electron chi connectivity index (χ1n) is 6.59. The molecule has 1 aromatic heterocycles. The number of aromatic nitrogens is 2. The third-order valence-electron chi connectivity index (χ3n) is 3.31. The van der Waals surface area contributed by atoms with Gasteiger partial charge in [0.2, 0.25) is 0 Å². The van der Waals surface area contributed by atoms with E-state index < -0.39 is 0 Å². The highest BCUT2D eigenvalue weighted by molar-refractivity contribution is 5.01. The second-order valence-corrected chi connectivity index (χ2v) is 4.76. The number of aryl methyl sites for hydroxylation is 1. The van der Waals surface area contributed by atoms with E-state index in [1.165, 1.54) is 31.5 Å². The molecule has 2 rings (SSSR count). The van der Waals surface area contributed by atoms with E-state index in [1.54, 1.807) is 0 Å². The Morgan fingerprint density at radius 2 is 2.31 bits per heavy atom. The van der Waals surface area contributed by atoms with Gasteiger partial charge in [-0.15, -0.1) is 0 Å². The van der Waals surface area contributed by atoms with Crippen molar-refractivity contribution >= 4 is 0 Å². The van der Waals surface area contributed by atoms with Gasteiger partial charge in [0.15, 0.2) is 0 Å². The van der Waals surface area contributed by atoms with Crippen LogP contribution >= 0.6 is 0 Å². The summed E-state index contributed by atoms with van der Waals surface area (Å²) in [7, 11) is 0. The van der Waals surface area contributed by atoms with Gasteiger partial charge in [-0.05, 0) is 32.2 Å². The van der Waals surface area contributed by atoms with Crippen LogP contribution in [0.1, 0.15) is 51.4 Å². The Hall–Kier alpha value is -0.830. The van der Waals surface area contributed by atoms with Crippen LogP contribution in [0.3, 0.4) is 0 Å². The van der Waals surface area contributed by atoms with Gasteiger partial charge >= 0.3 is 0 Å². The van der Waals surface area contributed by atoms with Crippen molar-refractivity contribution in [2.24, 2.45) is 5.92 Å². The summed E-state index contributed by atoms with van der Waals surface area (Å²) in [6, 6.07) is 0.461. The third-order valence-corrected chi connectivity index (χ3v) is 3.31. The van der Waals surface area contributed by atoms with Crippen LogP contribution in [-0.4, -0.2) is 16.1 Å². The fraction of sp³-hybridized carbons (Fsp3) is 0.769. The summed E-state index contributed by atoms with van der Waals surface area (Å²) in [5, 5.41) is 3.63. The molecule has 0 bridgehead atoms. The summed E-state index contributed by atoms with van der Waals surface area (Å²) < 4.78 is 2.26. The summed E-state index contributed by atoms with van der Waals surface area (Å²) in [5.41, 5.74) is 0. The van der Waals surface area contributed by atoms with E-state index in [1.807, 2.05) is 6.20 Å². The fourth-order valence-electron chi connectivity index (χ4n) is 2.18. The number of hydrogen-bond donors (Lipinski definition) is 1. The topological polar surface area (TPSA) is 29.9 Å². The Balaban J connectivity index is 2.03. The first-order chi connectivity index (χ1) is 7.85. The molecule has 90 valence electrons. The molecule has 0 aliphatic heterocycles. The molecule has 1 atom stereocenters. The lowest BCUT2D eigenvalue weighted by atomic mass is 10.1. The molecule has 3 heteroatoms. The van der Waals surface area contributed by atoms with Gasteiger partial charge in [-0.3, -0.25) is 0 Å². The summed E-state index contributed by atoms with van der Waals surface area (Å²) in [6.07, 6.45) is 9.29. The zero-order chi connectivity index (χ0) is 11.4. The zero-order valence-corrected chi connectivity index (χ0v) is 10.4. The minimum absolute atomic E-state index is 0.461. The van der Waals surface area contributed by atoms with E-state index in [-0.39, 0.29) is 0 Å². The first kappa shape index (κ1) is 11.6. The quantitative estimate of drug-likeness (QED) is 0.767. The molecular formula is C13H23N3. The standard InChI is InChI=1S/C13H23N3/c1-3-7-14-12(10-11-5-6-11)13-15-8-9-16(13)4-2/h8-9,11-12,14H,3-7,10H2,1-2H3. The Morgan fingerprint density at radius 1 is 1.50 bits per heavy atom. The monoisotopic (exact) mass is 221 g/mol. The average Bonchev–Trinajstić information content (AvgIpc) is 2.99. The van der Waals surface area contributed by atoms with Crippen LogP contribution < -0.4 is 5.32 Å². The van der Waals surface area contributed by atoms with E-state index >= 15 is 0 Å². The van der Waals surface area contributed by atoms with Crippen molar-refractivity contribution < 1.29 is 0 Å². The van der Waals surface area contributed by atoms with Gasteiger partial charge in [0, 0.05) is 18.9 Å². The van der Waals surface area contributed by atoms with Crippen LogP contribution in [0, 0.1) is 5.92 Å². The normalized spacial score (nSPS) is 17.6. The average molecular weight is 221 g/mol. The molecule has 1 saturated carbocycles. The molecule has 0 spiro atoms. The van der Waals surface area contributed by atoms with Crippen molar-refractivity contribution in [1.29, 1.82) is 0 Å². The highest BCUT2D eigenvalue weighted by Crippen LogP contribution is 2.37.